The zero-order chi connectivity index (χ0) is 13.8. The van der Waals surface area contributed by atoms with Gasteiger partial charge in [0, 0.05) is 6.08 Å². The van der Waals surface area contributed by atoms with Crippen molar-refractivity contribution in [3.05, 3.63) is 11.6 Å². The summed E-state index contributed by atoms with van der Waals surface area (Å²) in [6.45, 7) is 6.47. The number of carboxylic acids is 1. The molecule has 0 atom stereocenters. The highest BCUT2D eigenvalue weighted by Gasteiger charge is 1.97. The topological polar surface area (TPSA) is 37.3 Å². The van der Waals surface area contributed by atoms with Gasteiger partial charge < -0.3 is 5.11 Å². The predicted octanol–water partition coefficient (Wildman–Crippen LogP) is 5.18. The summed E-state index contributed by atoms with van der Waals surface area (Å²) in [5.41, 5.74) is 0.986. The summed E-state index contributed by atoms with van der Waals surface area (Å²) in [5.74, 6) is 0.0200. The number of carboxylic acid groups (broad SMARTS) is 1. The summed E-state index contributed by atoms with van der Waals surface area (Å²) in [4.78, 5) is 10.4. The van der Waals surface area contributed by atoms with Crippen LogP contribution in [0.3, 0.4) is 0 Å². The van der Waals surface area contributed by atoms with Crippen molar-refractivity contribution in [2.45, 2.75) is 78.6 Å². The average Bonchev–Trinajstić information content (AvgIpc) is 2.25. The molecule has 1 N–H and O–H groups in total. The average molecular weight is 254 g/mol. The second-order valence-corrected chi connectivity index (χ2v) is 5.74. The molecular formula is C16H30O2. The fourth-order valence-electron chi connectivity index (χ4n) is 2.12. The van der Waals surface area contributed by atoms with Crippen LogP contribution in [0, 0.1) is 5.92 Å². The number of allylic oxidation sites excluding steroid dienone is 1. The van der Waals surface area contributed by atoms with Crippen LogP contribution in [0.2, 0.25) is 0 Å². The van der Waals surface area contributed by atoms with E-state index in [1.807, 2.05) is 6.92 Å². The second kappa shape index (κ2) is 11.3. The fourth-order valence-corrected chi connectivity index (χ4v) is 2.12. The number of hydrogen-bond donors (Lipinski definition) is 1. The molecule has 2 heteroatoms. The Bertz CT molecular complexity index is 241. The quantitative estimate of drug-likeness (QED) is 0.407. The summed E-state index contributed by atoms with van der Waals surface area (Å²) in [5, 5.41) is 8.57. The van der Waals surface area contributed by atoms with Crippen LogP contribution in [0.1, 0.15) is 78.6 Å². The first-order valence-corrected chi connectivity index (χ1v) is 7.42. The summed E-state index contributed by atoms with van der Waals surface area (Å²) in [7, 11) is 0. The first-order chi connectivity index (χ1) is 8.52. The molecule has 0 aromatic rings. The van der Waals surface area contributed by atoms with E-state index in [4.69, 9.17) is 5.11 Å². The number of carbonyl (C=O) groups is 1. The third kappa shape index (κ3) is 13.3. The van der Waals surface area contributed by atoms with Crippen molar-refractivity contribution in [2.24, 2.45) is 5.92 Å². The lowest BCUT2D eigenvalue weighted by atomic mass is 10.0. The van der Waals surface area contributed by atoms with E-state index in [-0.39, 0.29) is 0 Å². The van der Waals surface area contributed by atoms with Gasteiger partial charge in [-0.15, -0.1) is 0 Å². The molecule has 18 heavy (non-hydrogen) atoms. The minimum atomic E-state index is -0.822. The molecule has 0 aromatic carbocycles. The Balaban J connectivity index is 3.24. The van der Waals surface area contributed by atoms with Crippen molar-refractivity contribution in [3.63, 3.8) is 0 Å². The molecule has 0 spiro atoms. The smallest absolute Gasteiger partial charge is 0.328 e. The van der Waals surface area contributed by atoms with Crippen LogP contribution in [-0.4, -0.2) is 11.1 Å². The van der Waals surface area contributed by atoms with E-state index in [9.17, 15) is 4.79 Å². The first kappa shape index (κ1) is 17.2. The first-order valence-electron chi connectivity index (χ1n) is 7.42. The molecule has 0 aromatic heterocycles. The highest BCUT2D eigenvalue weighted by molar-refractivity contribution is 5.80. The number of unbranched alkanes of at least 4 members (excludes halogenated alkanes) is 6. The molecule has 0 saturated heterocycles. The summed E-state index contributed by atoms with van der Waals surface area (Å²) in [6, 6.07) is 0. The van der Waals surface area contributed by atoms with Gasteiger partial charge in [0.05, 0.1) is 0 Å². The van der Waals surface area contributed by atoms with Crippen molar-refractivity contribution in [1.29, 1.82) is 0 Å². The Morgan fingerprint density at radius 1 is 1.00 bits per heavy atom. The molecule has 0 amide bonds. The molecule has 0 bridgehead atoms. The Hall–Kier alpha value is -0.790. The minimum Gasteiger partial charge on any atom is -0.478 e. The summed E-state index contributed by atoms with van der Waals surface area (Å²) < 4.78 is 0. The maximum Gasteiger partial charge on any atom is 0.328 e. The minimum absolute atomic E-state index is 0.822. The fraction of sp³-hybridized carbons (Fsp3) is 0.812. The van der Waals surface area contributed by atoms with Gasteiger partial charge >= 0.3 is 5.97 Å². The van der Waals surface area contributed by atoms with E-state index in [0.717, 1.165) is 24.3 Å². The highest BCUT2D eigenvalue weighted by atomic mass is 16.4. The van der Waals surface area contributed by atoms with Gasteiger partial charge in [0.2, 0.25) is 0 Å². The molecule has 0 aliphatic heterocycles. The molecule has 0 saturated carbocycles. The van der Waals surface area contributed by atoms with E-state index < -0.39 is 5.97 Å². The third-order valence-electron chi connectivity index (χ3n) is 3.22. The molecular weight excluding hydrogens is 224 g/mol. The van der Waals surface area contributed by atoms with Gasteiger partial charge in [0.1, 0.15) is 0 Å². The highest BCUT2D eigenvalue weighted by Crippen LogP contribution is 2.14. The normalized spacial score (nSPS) is 12.1. The van der Waals surface area contributed by atoms with Gasteiger partial charge in [0.25, 0.3) is 0 Å². The SMILES string of the molecule is C/C(=C\C(=O)O)CCCCCCCCCC(C)C. The molecule has 0 aliphatic carbocycles. The molecule has 0 rings (SSSR count). The van der Waals surface area contributed by atoms with Gasteiger partial charge in [-0.3, -0.25) is 0 Å². The standard InChI is InChI=1S/C16H30O2/c1-14(2)11-9-7-5-4-6-8-10-12-15(3)13-16(17)18/h13-14H,4-12H2,1-3H3,(H,17,18)/b15-13+. The lowest BCUT2D eigenvalue weighted by Gasteiger charge is -2.04. The van der Waals surface area contributed by atoms with Crippen LogP contribution < -0.4 is 0 Å². The van der Waals surface area contributed by atoms with Crippen molar-refractivity contribution in [1.82, 2.24) is 0 Å². The van der Waals surface area contributed by atoms with Gasteiger partial charge in [-0.2, -0.15) is 0 Å². The largest absolute Gasteiger partial charge is 0.478 e. The molecule has 0 unspecified atom stereocenters. The van der Waals surface area contributed by atoms with Crippen LogP contribution in [0.5, 0.6) is 0 Å². The Morgan fingerprint density at radius 3 is 2.00 bits per heavy atom. The summed E-state index contributed by atoms with van der Waals surface area (Å²) >= 11 is 0. The lowest BCUT2D eigenvalue weighted by Crippen LogP contribution is -1.90. The van der Waals surface area contributed by atoms with Crippen LogP contribution in [0.15, 0.2) is 11.6 Å². The van der Waals surface area contributed by atoms with Crippen molar-refractivity contribution >= 4 is 5.97 Å². The molecule has 0 fully saturated rings. The van der Waals surface area contributed by atoms with Crippen molar-refractivity contribution in [3.8, 4) is 0 Å². The van der Waals surface area contributed by atoms with E-state index in [0.29, 0.717) is 0 Å². The lowest BCUT2D eigenvalue weighted by molar-refractivity contribution is -0.131. The van der Waals surface area contributed by atoms with Gasteiger partial charge in [0.15, 0.2) is 0 Å². The van der Waals surface area contributed by atoms with Crippen molar-refractivity contribution in [2.75, 3.05) is 0 Å². The predicted molar refractivity (Wildman–Crippen MR) is 77.8 cm³/mol. The van der Waals surface area contributed by atoms with E-state index >= 15 is 0 Å². The Morgan fingerprint density at radius 2 is 1.50 bits per heavy atom. The zero-order valence-corrected chi connectivity index (χ0v) is 12.4. The second-order valence-electron chi connectivity index (χ2n) is 5.74. The number of aliphatic carboxylic acids is 1. The van der Waals surface area contributed by atoms with E-state index in [1.165, 1.54) is 51.0 Å². The molecule has 2 nitrogen and oxygen atoms in total. The zero-order valence-electron chi connectivity index (χ0n) is 12.4. The molecule has 106 valence electrons. The van der Waals surface area contributed by atoms with E-state index in [1.54, 1.807) is 0 Å². The Kier molecular flexibility index (Phi) is 10.8. The molecule has 0 heterocycles. The van der Waals surface area contributed by atoms with Crippen LogP contribution in [-0.2, 0) is 4.79 Å². The molecule has 0 radical (unpaired) electrons. The molecule has 0 aliphatic rings. The monoisotopic (exact) mass is 254 g/mol. The third-order valence-corrected chi connectivity index (χ3v) is 3.22. The maximum atomic E-state index is 10.4. The van der Waals surface area contributed by atoms with Gasteiger partial charge in [-0.1, -0.05) is 64.4 Å². The van der Waals surface area contributed by atoms with Crippen LogP contribution >= 0.6 is 0 Å². The van der Waals surface area contributed by atoms with Crippen LogP contribution in [0.25, 0.3) is 0 Å². The summed E-state index contributed by atoms with van der Waals surface area (Å²) in [6.07, 6.45) is 12.7. The van der Waals surface area contributed by atoms with Crippen molar-refractivity contribution < 1.29 is 9.90 Å². The van der Waals surface area contributed by atoms with Gasteiger partial charge in [-0.05, 0) is 25.7 Å². The number of rotatable bonds is 11. The maximum absolute atomic E-state index is 10.4. The van der Waals surface area contributed by atoms with E-state index in [2.05, 4.69) is 13.8 Å². The van der Waals surface area contributed by atoms with Crippen LogP contribution in [0.4, 0.5) is 0 Å². The number of hydrogen-bond acceptors (Lipinski definition) is 1. The van der Waals surface area contributed by atoms with Gasteiger partial charge in [-0.25, -0.2) is 4.79 Å². The Labute approximate surface area is 112 Å².